The van der Waals surface area contributed by atoms with Crippen LogP contribution in [0.3, 0.4) is 0 Å². The fourth-order valence-corrected chi connectivity index (χ4v) is 4.39. The van der Waals surface area contributed by atoms with E-state index < -0.39 is 17.9 Å². The SMILES string of the molecule is C[C@@H](c1ccc(C(F)(F)F)nn1)N(C(=O)c1cc2c(cc1Cl)nc(N)c1cnn(C)c12)C1CC1. The molecular formula is C22H19ClF3N7O. The predicted molar refractivity (Wildman–Crippen MR) is 120 cm³/mol. The van der Waals surface area contributed by atoms with E-state index in [9.17, 15) is 18.0 Å². The second kappa shape index (κ2) is 7.79. The zero-order valence-corrected chi connectivity index (χ0v) is 18.9. The summed E-state index contributed by atoms with van der Waals surface area (Å²) in [6, 6.07) is 4.68. The van der Waals surface area contributed by atoms with Gasteiger partial charge in [0.2, 0.25) is 0 Å². The van der Waals surface area contributed by atoms with E-state index in [0.29, 0.717) is 27.6 Å². The minimum absolute atomic E-state index is 0.0698. The molecule has 1 atom stereocenters. The standard InChI is InChI=1S/C22H19ClF3N7O/c1-10(16-5-6-18(31-30-16)22(24,25)26)33(11-3-4-11)21(34)12-7-13-17(8-15(12)23)29-20(27)14-9-28-32(2)19(13)14/h5-11H,3-4H2,1-2H3,(H2,27,29)/t10-/m0/s1. The van der Waals surface area contributed by atoms with Crippen LogP contribution in [-0.4, -0.2) is 41.8 Å². The normalized spacial score (nSPS) is 15.1. The molecule has 1 amide bonds. The van der Waals surface area contributed by atoms with Gasteiger partial charge in [0, 0.05) is 18.5 Å². The number of rotatable bonds is 4. The number of hydrogen-bond acceptors (Lipinski definition) is 6. The highest BCUT2D eigenvalue weighted by molar-refractivity contribution is 6.35. The molecule has 1 aromatic carbocycles. The molecule has 5 rings (SSSR count). The molecule has 1 aliphatic carbocycles. The molecule has 0 bridgehead atoms. The number of anilines is 1. The van der Waals surface area contributed by atoms with Gasteiger partial charge >= 0.3 is 6.18 Å². The number of nitrogens with zero attached hydrogens (tertiary/aromatic N) is 6. The van der Waals surface area contributed by atoms with Gasteiger partial charge in [-0.15, -0.1) is 5.10 Å². The second-order valence-electron chi connectivity index (χ2n) is 8.34. The molecule has 1 saturated carbocycles. The molecule has 8 nitrogen and oxygen atoms in total. The zero-order chi connectivity index (χ0) is 24.4. The van der Waals surface area contributed by atoms with Crippen LogP contribution >= 0.6 is 11.6 Å². The number of carbonyl (C=O) groups is 1. The van der Waals surface area contributed by atoms with E-state index in [4.69, 9.17) is 17.3 Å². The summed E-state index contributed by atoms with van der Waals surface area (Å²) >= 11 is 6.50. The van der Waals surface area contributed by atoms with Gasteiger partial charge in [0.1, 0.15) is 5.82 Å². The fourth-order valence-electron chi connectivity index (χ4n) is 4.15. The maximum absolute atomic E-state index is 13.7. The number of aryl methyl sites for hydroxylation is 1. The summed E-state index contributed by atoms with van der Waals surface area (Å²) in [5.74, 6) is -0.0457. The van der Waals surface area contributed by atoms with E-state index in [0.717, 1.165) is 18.9 Å². The highest BCUT2D eigenvalue weighted by Crippen LogP contribution is 2.38. The van der Waals surface area contributed by atoms with Gasteiger partial charge in [0.05, 0.1) is 44.9 Å². The molecule has 12 heteroatoms. The van der Waals surface area contributed by atoms with Gasteiger partial charge in [-0.1, -0.05) is 11.6 Å². The van der Waals surface area contributed by atoms with Gasteiger partial charge < -0.3 is 10.6 Å². The molecule has 0 saturated heterocycles. The molecule has 0 unspecified atom stereocenters. The third kappa shape index (κ3) is 3.69. The van der Waals surface area contributed by atoms with Crippen molar-refractivity contribution in [2.24, 2.45) is 7.05 Å². The molecule has 3 aromatic heterocycles. The van der Waals surface area contributed by atoms with Crippen LogP contribution in [0.2, 0.25) is 5.02 Å². The van der Waals surface area contributed by atoms with Crippen molar-refractivity contribution < 1.29 is 18.0 Å². The number of fused-ring (bicyclic) bond motifs is 3. The maximum atomic E-state index is 13.7. The number of alkyl halides is 3. The Kier molecular flexibility index (Phi) is 5.12. The van der Waals surface area contributed by atoms with Crippen LogP contribution in [0, 0.1) is 0 Å². The summed E-state index contributed by atoms with van der Waals surface area (Å²) in [6.07, 6.45) is -1.43. The largest absolute Gasteiger partial charge is 0.435 e. The Balaban J connectivity index is 1.57. The Bertz CT molecular complexity index is 1430. The molecule has 4 aromatic rings. The summed E-state index contributed by atoms with van der Waals surface area (Å²) in [4.78, 5) is 19.7. The lowest BCUT2D eigenvalue weighted by atomic mass is 10.1. The Labute approximate surface area is 196 Å². The van der Waals surface area contributed by atoms with Crippen LogP contribution in [-0.2, 0) is 13.2 Å². The van der Waals surface area contributed by atoms with E-state index in [-0.39, 0.29) is 28.2 Å². The van der Waals surface area contributed by atoms with Gasteiger partial charge in [-0.05, 0) is 44.0 Å². The summed E-state index contributed by atoms with van der Waals surface area (Å²) in [6.45, 7) is 1.71. The van der Waals surface area contributed by atoms with Crippen molar-refractivity contribution in [3.8, 4) is 0 Å². The Morgan fingerprint density at radius 1 is 1.24 bits per heavy atom. The lowest BCUT2D eigenvalue weighted by Gasteiger charge is -2.29. The lowest BCUT2D eigenvalue weighted by molar-refractivity contribution is -0.141. The minimum atomic E-state index is -4.59. The monoisotopic (exact) mass is 489 g/mol. The number of nitrogen functional groups attached to an aromatic ring is 1. The van der Waals surface area contributed by atoms with Crippen molar-refractivity contribution in [1.82, 2.24) is 29.9 Å². The Morgan fingerprint density at radius 2 is 1.97 bits per heavy atom. The summed E-state index contributed by atoms with van der Waals surface area (Å²) in [5, 5.41) is 12.8. The van der Waals surface area contributed by atoms with Gasteiger partial charge in [0.25, 0.3) is 5.91 Å². The van der Waals surface area contributed by atoms with Crippen molar-refractivity contribution >= 4 is 45.1 Å². The lowest BCUT2D eigenvalue weighted by Crippen LogP contribution is -2.36. The number of amides is 1. The molecule has 3 heterocycles. The number of nitrogens with two attached hydrogens (primary N) is 1. The van der Waals surface area contributed by atoms with Crippen LogP contribution in [0.4, 0.5) is 19.0 Å². The second-order valence-corrected chi connectivity index (χ2v) is 8.74. The van der Waals surface area contributed by atoms with Crippen LogP contribution in [0.25, 0.3) is 21.8 Å². The average molecular weight is 490 g/mol. The number of benzene rings is 1. The van der Waals surface area contributed by atoms with Crippen LogP contribution in [0.15, 0.2) is 30.5 Å². The zero-order valence-electron chi connectivity index (χ0n) is 18.1. The van der Waals surface area contributed by atoms with Crippen molar-refractivity contribution in [3.05, 3.63) is 52.4 Å². The summed E-state index contributed by atoms with van der Waals surface area (Å²) < 4.78 is 40.3. The average Bonchev–Trinajstić information content (AvgIpc) is 3.53. The quantitative estimate of drug-likeness (QED) is 0.451. The number of aromatic nitrogens is 5. The molecule has 34 heavy (non-hydrogen) atoms. The van der Waals surface area contributed by atoms with Crippen molar-refractivity contribution in [2.45, 2.75) is 38.0 Å². The first-order chi connectivity index (χ1) is 16.1. The van der Waals surface area contributed by atoms with Crippen LogP contribution in [0.1, 0.15) is 47.6 Å². The number of pyridine rings is 1. The molecule has 0 spiro atoms. The molecule has 176 valence electrons. The Morgan fingerprint density at radius 3 is 2.59 bits per heavy atom. The van der Waals surface area contributed by atoms with Crippen LogP contribution in [0.5, 0.6) is 0 Å². The van der Waals surface area contributed by atoms with Gasteiger partial charge in [-0.3, -0.25) is 9.48 Å². The van der Waals surface area contributed by atoms with Crippen LogP contribution < -0.4 is 5.73 Å². The Hall–Kier alpha value is -3.47. The molecule has 0 aliphatic heterocycles. The molecule has 1 aliphatic rings. The van der Waals surface area contributed by atoms with Gasteiger partial charge in [0.15, 0.2) is 5.69 Å². The third-order valence-corrected chi connectivity index (χ3v) is 6.33. The topological polar surface area (TPSA) is 103 Å². The highest BCUT2D eigenvalue weighted by atomic mass is 35.5. The minimum Gasteiger partial charge on any atom is -0.383 e. The first-order valence-electron chi connectivity index (χ1n) is 10.5. The third-order valence-electron chi connectivity index (χ3n) is 6.02. The molecule has 1 fully saturated rings. The van der Waals surface area contributed by atoms with Crippen molar-refractivity contribution in [3.63, 3.8) is 0 Å². The van der Waals surface area contributed by atoms with E-state index in [1.165, 1.54) is 6.07 Å². The number of carbonyl (C=O) groups excluding carboxylic acids is 1. The van der Waals surface area contributed by atoms with E-state index in [1.54, 1.807) is 41.9 Å². The summed E-state index contributed by atoms with van der Waals surface area (Å²) in [5.41, 5.74) is 6.72. The first kappa shape index (κ1) is 22.3. The van der Waals surface area contributed by atoms with E-state index >= 15 is 0 Å². The highest BCUT2D eigenvalue weighted by Gasteiger charge is 2.39. The fraction of sp³-hybridized carbons (Fsp3) is 0.318. The van der Waals surface area contributed by atoms with Gasteiger partial charge in [-0.25, -0.2) is 4.98 Å². The molecular weight excluding hydrogens is 471 g/mol. The maximum Gasteiger partial charge on any atom is 0.435 e. The first-order valence-corrected chi connectivity index (χ1v) is 10.9. The smallest absolute Gasteiger partial charge is 0.383 e. The number of hydrogen-bond donors (Lipinski definition) is 1. The van der Waals surface area contributed by atoms with Crippen molar-refractivity contribution in [1.29, 1.82) is 0 Å². The predicted octanol–water partition coefficient (Wildman–Crippen LogP) is 4.53. The molecule has 0 radical (unpaired) electrons. The van der Waals surface area contributed by atoms with E-state index in [1.807, 2.05) is 0 Å². The number of halogens is 4. The molecule has 2 N–H and O–H groups in total. The van der Waals surface area contributed by atoms with Gasteiger partial charge in [-0.2, -0.15) is 23.4 Å². The van der Waals surface area contributed by atoms with E-state index in [2.05, 4.69) is 20.3 Å². The van der Waals surface area contributed by atoms with Crippen molar-refractivity contribution in [2.75, 3.05) is 5.73 Å². The summed E-state index contributed by atoms with van der Waals surface area (Å²) in [7, 11) is 1.76.